The van der Waals surface area contributed by atoms with E-state index in [-0.39, 0.29) is 12.5 Å². The summed E-state index contributed by atoms with van der Waals surface area (Å²) in [7, 11) is 1.72. The van der Waals surface area contributed by atoms with Crippen molar-refractivity contribution in [1.29, 1.82) is 0 Å². The zero-order valence-electron chi connectivity index (χ0n) is 21.9. The van der Waals surface area contributed by atoms with Crippen molar-refractivity contribution in [2.45, 2.75) is 57.6 Å². The third kappa shape index (κ3) is 6.32. The number of hydrogen-bond donors (Lipinski definition) is 3. The van der Waals surface area contributed by atoms with Crippen LogP contribution in [0.4, 0.5) is 5.82 Å². The number of fused-ring (bicyclic) bond motifs is 1. The number of anilines is 1. The second-order valence-corrected chi connectivity index (χ2v) is 10.0. The first-order chi connectivity index (χ1) is 18.5. The Morgan fingerprint density at radius 3 is 2.97 bits per heavy atom. The van der Waals surface area contributed by atoms with E-state index >= 15 is 0 Å². The van der Waals surface area contributed by atoms with Crippen LogP contribution in [-0.4, -0.2) is 70.9 Å². The van der Waals surface area contributed by atoms with Crippen LogP contribution in [0.15, 0.2) is 47.5 Å². The molecule has 0 saturated heterocycles. The summed E-state index contributed by atoms with van der Waals surface area (Å²) in [5, 5.41) is 16.8. The van der Waals surface area contributed by atoms with Crippen LogP contribution in [0.5, 0.6) is 5.75 Å². The molecular weight excluding hydrogens is 486 g/mol. The van der Waals surface area contributed by atoms with E-state index in [1.807, 2.05) is 6.07 Å². The highest BCUT2D eigenvalue weighted by Crippen LogP contribution is 2.30. The van der Waals surface area contributed by atoms with Gasteiger partial charge in [-0.1, -0.05) is 6.07 Å². The zero-order chi connectivity index (χ0) is 26.5. The summed E-state index contributed by atoms with van der Waals surface area (Å²) in [4.78, 5) is 23.1. The van der Waals surface area contributed by atoms with Gasteiger partial charge in [0.1, 0.15) is 18.2 Å². The Bertz CT molecular complexity index is 1230. The molecule has 0 spiro atoms. The lowest BCUT2D eigenvalue weighted by Crippen LogP contribution is -2.42. The van der Waals surface area contributed by atoms with Crippen LogP contribution in [0, 0.1) is 6.92 Å². The Kier molecular flexibility index (Phi) is 8.21. The number of ether oxygens (including phenoxy) is 2. The molecule has 3 N–H and O–H groups in total. The first kappa shape index (κ1) is 26.1. The van der Waals surface area contributed by atoms with Crippen molar-refractivity contribution in [3.05, 3.63) is 71.1 Å². The maximum Gasteiger partial charge on any atom is 0.251 e. The van der Waals surface area contributed by atoms with Crippen LogP contribution in [0.1, 0.15) is 45.7 Å². The van der Waals surface area contributed by atoms with Crippen molar-refractivity contribution in [2.24, 2.45) is 0 Å². The minimum Gasteiger partial charge on any atom is -0.485 e. The van der Waals surface area contributed by atoms with Gasteiger partial charge < -0.3 is 29.6 Å². The lowest BCUT2D eigenvalue weighted by atomic mass is 9.89. The Hall–Kier alpha value is -3.47. The summed E-state index contributed by atoms with van der Waals surface area (Å²) in [6.45, 7) is 4.66. The number of nitrogens with zero attached hydrogens (tertiary/aromatic N) is 3. The van der Waals surface area contributed by atoms with Crippen LogP contribution < -0.4 is 15.4 Å². The molecule has 0 unspecified atom stereocenters. The molecule has 3 heterocycles. The lowest BCUT2D eigenvalue weighted by Gasteiger charge is -2.34. The zero-order valence-corrected chi connectivity index (χ0v) is 21.9. The second kappa shape index (κ2) is 11.9. The molecule has 0 radical (unpaired) electrons. The highest BCUT2D eigenvalue weighted by atomic mass is 16.5. The predicted octanol–water partition coefficient (Wildman–Crippen LogP) is 2.70. The van der Waals surface area contributed by atoms with E-state index in [1.165, 1.54) is 17.5 Å². The number of aromatic nitrogens is 2. The number of hydrogen-bond acceptors (Lipinski definition) is 9. The number of β-amino-alcohol motifs (C(OH)–C–C–N with tert-alkyl or cyclic N) is 1. The topological polar surface area (TPSA) is 122 Å². The van der Waals surface area contributed by atoms with Crippen LogP contribution in [0.3, 0.4) is 0 Å². The standard InChI is InChI=1S/C28H35N5O5/c1-18-25-6-8-33(14-20(25)3-4-26(18)37-16-24-13-29-17-38-24)15-22(34)12-31-28(35)19-5-7-30-27(9-19)32-21-10-23(11-21)36-2/h3-5,7,9,13,17,21-23,34H,6,8,10-12,14-16H2,1-2H3,(H,30,32)(H,31,35)/t21-,22-,23-/m0/s1. The quantitative estimate of drug-likeness (QED) is 0.350. The number of carbonyl (C=O) groups excluding carboxylic acids is 1. The first-order valence-corrected chi connectivity index (χ1v) is 13.0. The van der Waals surface area contributed by atoms with E-state index in [9.17, 15) is 9.90 Å². The Labute approximate surface area is 222 Å². The van der Waals surface area contributed by atoms with E-state index in [0.29, 0.717) is 42.4 Å². The number of oxazole rings is 1. The summed E-state index contributed by atoms with van der Waals surface area (Å²) >= 11 is 0. The number of nitrogens with one attached hydrogen (secondary N) is 2. The van der Waals surface area contributed by atoms with Gasteiger partial charge in [0, 0.05) is 51.1 Å². The van der Waals surface area contributed by atoms with E-state index in [2.05, 4.69) is 38.5 Å². The molecule has 3 aromatic rings. The van der Waals surface area contributed by atoms with E-state index in [4.69, 9.17) is 13.9 Å². The van der Waals surface area contributed by atoms with Gasteiger partial charge in [-0.2, -0.15) is 0 Å². The number of amides is 1. The van der Waals surface area contributed by atoms with Gasteiger partial charge in [0.25, 0.3) is 5.91 Å². The number of aliphatic hydroxyl groups is 1. The van der Waals surface area contributed by atoms with Crippen molar-refractivity contribution < 1.29 is 23.8 Å². The first-order valence-electron chi connectivity index (χ1n) is 13.0. The Morgan fingerprint density at radius 1 is 1.32 bits per heavy atom. The fraction of sp³-hybridized carbons (Fsp3) is 0.464. The van der Waals surface area contributed by atoms with Gasteiger partial charge in [0.2, 0.25) is 0 Å². The summed E-state index contributed by atoms with van der Waals surface area (Å²) < 4.78 is 16.5. The monoisotopic (exact) mass is 521 g/mol. The lowest BCUT2D eigenvalue weighted by molar-refractivity contribution is 0.0328. The van der Waals surface area contributed by atoms with Gasteiger partial charge >= 0.3 is 0 Å². The van der Waals surface area contributed by atoms with E-state index in [1.54, 1.807) is 31.6 Å². The third-order valence-corrected chi connectivity index (χ3v) is 7.34. The molecule has 2 aromatic heterocycles. The third-order valence-electron chi connectivity index (χ3n) is 7.34. The van der Waals surface area contributed by atoms with E-state index < -0.39 is 6.10 Å². The van der Waals surface area contributed by atoms with E-state index in [0.717, 1.165) is 43.7 Å². The molecule has 10 nitrogen and oxygen atoms in total. The molecule has 1 atom stereocenters. The van der Waals surface area contributed by atoms with Gasteiger partial charge in [-0.05, 0) is 61.1 Å². The predicted molar refractivity (Wildman–Crippen MR) is 141 cm³/mol. The smallest absolute Gasteiger partial charge is 0.251 e. The molecule has 10 heteroatoms. The molecule has 5 rings (SSSR count). The number of aliphatic hydroxyl groups excluding tert-OH is 1. The Balaban J connectivity index is 1.08. The van der Waals surface area contributed by atoms with Crippen LogP contribution in [0.2, 0.25) is 0 Å². The van der Waals surface area contributed by atoms with Crippen molar-refractivity contribution >= 4 is 11.7 Å². The van der Waals surface area contributed by atoms with Gasteiger partial charge in [-0.15, -0.1) is 0 Å². The van der Waals surface area contributed by atoms with Gasteiger partial charge in [0.05, 0.1) is 18.4 Å². The number of pyridine rings is 1. The SMILES string of the molecule is CO[C@H]1C[C@H](Nc2cc(C(=O)NC[C@H](O)CN3CCc4c(ccc(OCc5cnco5)c4C)C3)ccn2)C1. The number of rotatable bonds is 11. The van der Waals surface area contributed by atoms with Gasteiger partial charge in [-0.25, -0.2) is 9.97 Å². The molecule has 1 saturated carbocycles. The highest BCUT2D eigenvalue weighted by molar-refractivity contribution is 5.94. The summed E-state index contributed by atoms with van der Waals surface area (Å²) in [5.74, 6) is 1.98. The maximum atomic E-state index is 12.7. The summed E-state index contributed by atoms with van der Waals surface area (Å²) in [6.07, 6.45) is 7.02. The molecule has 1 amide bonds. The highest BCUT2D eigenvalue weighted by Gasteiger charge is 2.29. The van der Waals surface area contributed by atoms with Crippen molar-refractivity contribution in [3.63, 3.8) is 0 Å². The average Bonchev–Trinajstić information content (AvgIpc) is 3.42. The maximum absolute atomic E-state index is 12.7. The summed E-state index contributed by atoms with van der Waals surface area (Å²) in [5.41, 5.74) is 4.18. The molecule has 1 aliphatic heterocycles. The molecule has 1 fully saturated rings. The van der Waals surface area contributed by atoms with Crippen molar-refractivity contribution in [1.82, 2.24) is 20.2 Å². The molecule has 0 bridgehead atoms. The minimum absolute atomic E-state index is 0.179. The van der Waals surface area contributed by atoms with Crippen LogP contribution in [-0.2, 0) is 24.3 Å². The molecule has 2 aliphatic rings. The molecule has 1 aromatic carbocycles. The van der Waals surface area contributed by atoms with Crippen molar-refractivity contribution in [2.75, 3.05) is 32.1 Å². The van der Waals surface area contributed by atoms with Crippen LogP contribution >= 0.6 is 0 Å². The molecule has 38 heavy (non-hydrogen) atoms. The normalized spacial score (nSPS) is 19.8. The average molecular weight is 522 g/mol. The molecule has 1 aliphatic carbocycles. The molecular formula is C28H35N5O5. The Morgan fingerprint density at radius 2 is 2.18 bits per heavy atom. The second-order valence-electron chi connectivity index (χ2n) is 10.0. The van der Waals surface area contributed by atoms with Gasteiger partial charge in [-0.3, -0.25) is 9.69 Å². The molecule has 202 valence electrons. The van der Waals surface area contributed by atoms with Crippen LogP contribution in [0.25, 0.3) is 0 Å². The number of methoxy groups -OCH3 is 1. The van der Waals surface area contributed by atoms with Crippen molar-refractivity contribution in [3.8, 4) is 5.75 Å². The largest absolute Gasteiger partial charge is 0.485 e. The fourth-order valence-corrected chi connectivity index (χ4v) is 5.06. The van der Waals surface area contributed by atoms with Gasteiger partial charge in [0.15, 0.2) is 12.2 Å². The number of carbonyl (C=O) groups is 1. The number of benzene rings is 1. The minimum atomic E-state index is -0.675. The summed E-state index contributed by atoms with van der Waals surface area (Å²) in [6, 6.07) is 7.81. The fourth-order valence-electron chi connectivity index (χ4n) is 5.06.